The van der Waals surface area contributed by atoms with Gasteiger partial charge < -0.3 is 15.1 Å². The summed E-state index contributed by atoms with van der Waals surface area (Å²) in [5, 5.41) is 11.6. The van der Waals surface area contributed by atoms with Gasteiger partial charge in [-0.2, -0.15) is 0 Å². The number of carbonyl (C=O) groups is 1. The molecule has 6 heteroatoms. The molecule has 1 aromatic heterocycles. The van der Waals surface area contributed by atoms with Gasteiger partial charge in [0.25, 0.3) is 5.91 Å². The van der Waals surface area contributed by atoms with Crippen LogP contribution in [-0.4, -0.2) is 59.8 Å². The average molecular weight is 275 g/mol. The fourth-order valence-corrected chi connectivity index (χ4v) is 2.84. The molecule has 0 saturated carbocycles. The Hall–Kier alpha value is -1.69. The third-order valence-corrected chi connectivity index (χ3v) is 4.06. The Morgan fingerprint density at radius 3 is 2.70 bits per heavy atom. The Bertz CT molecular complexity index is 469. The molecule has 3 rings (SSSR count). The van der Waals surface area contributed by atoms with E-state index in [0.717, 1.165) is 38.5 Å². The highest BCUT2D eigenvalue weighted by atomic mass is 16.2. The molecule has 1 atom stereocenters. The number of nitrogens with one attached hydrogen (secondary N) is 1. The lowest BCUT2D eigenvalue weighted by molar-refractivity contribution is 0.0648. The summed E-state index contributed by atoms with van der Waals surface area (Å²) in [4.78, 5) is 16.5. The topological polar surface area (TPSA) is 61.4 Å². The minimum Gasteiger partial charge on any atom is -0.355 e. The summed E-state index contributed by atoms with van der Waals surface area (Å²) >= 11 is 0. The van der Waals surface area contributed by atoms with Gasteiger partial charge in [0, 0.05) is 38.8 Å². The lowest BCUT2D eigenvalue weighted by atomic mass is 10.2. The number of piperazine rings is 1. The van der Waals surface area contributed by atoms with Crippen molar-refractivity contribution < 1.29 is 4.79 Å². The van der Waals surface area contributed by atoms with Gasteiger partial charge >= 0.3 is 0 Å². The number of anilines is 1. The van der Waals surface area contributed by atoms with Gasteiger partial charge in [0.05, 0.1) is 0 Å². The number of hydrogen-bond donors (Lipinski definition) is 1. The van der Waals surface area contributed by atoms with E-state index in [0.29, 0.717) is 5.69 Å². The zero-order valence-corrected chi connectivity index (χ0v) is 11.9. The van der Waals surface area contributed by atoms with E-state index in [1.807, 2.05) is 11.0 Å². The van der Waals surface area contributed by atoms with Crippen LogP contribution < -0.4 is 10.2 Å². The first-order valence-electron chi connectivity index (χ1n) is 7.36. The average Bonchev–Trinajstić information content (AvgIpc) is 3.01. The summed E-state index contributed by atoms with van der Waals surface area (Å²) in [6.07, 6.45) is 2.42. The van der Waals surface area contributed by atoms with Gasteiger partial charge in [0.2, 0.25) is 0 Å². The third kappa shape index (κ3) is 2.60. The normalized spacial score (nSPS) is 23.1. The highest BCUT2D eigenvalue weighted by molar-refractivity contribution is 5.92. The van der Waals surface area contributed by atoms with Crippen LogP contribution in [0.2, 0.25) is 0 Å². The van der Waals surface area contributed by atoms with Gasteiger partial charge in [-0.05, 0) is 31.9 Å². The minimum absolute atomic E-state index is 0.0144. The Morgan fingerprint density at radius 2 is 2.05 bits per heavy atom. The van der Waals surface area contributed by atoms with Crippen molar-refractivity contribution in [1.82, 2.24) is 20.4 Å². The maximum atomic E-state index is 12.4. The fourth-order valence-electron chi connectivity index (χ4n) is 2.84. The zero-order chi connectivity index (χ0) is 13.9. The molecule has 2 aliphatic rings. The first-order chi connectivity index (χ1) is 9.75. The van der Waals surface area contributed by atoms with Gasteiger partial charge in [-0.25, -0.2) is 0 Å². The van der Waals surface area contributed by atoms with Crippen LogP contribution in [0, 0.1) is 0 Å². The first kappa shape index (κ1) is 13.3. The minimum atomic E-state index is -0.0144. The summed E-state index contributed by atoms with van der Waals surface area (Å²) < 4.78 is 0. The largest absolute Gasteiger partial charge is 0.355 e. The lowest BCUT2D eigenvalue weighted by Gasteiger charge is -2.33. The Balaban J connectivity index is 1.71. The summed E-state index contributed by atoms with van der Waals surface area (Å²) in [6, 6.07) is 3.92. The van der Waals surface area contributed by atoms with E-state index >= 15 is 0 Å². The van der Waals surface area contributed by atoms with Crippen molar-refractivity contribution >= 4 is 11.7 Å². The number of amides is 1. The van der Waals surface area contributed by atoms with Crippen molar-refractivity contribution in [3.05, 3.63) is 17.8 Å². The van der Waals surface area contributed by atoms with Crippen LogP contribution in [0.5, 0.6) is 0 Å². The number of carbonyl (C=O) groups excluding carboxylic acids is 1. The molecule has 20 heavy (non-hydrogen) atoms. The zero-order valence-electron chi connectivity index (χ0n) is 11.9. The molecule has 0 aliphatic carbocycles. The van der Waals surface area contributed by atoms with E-state index in [1.54, 1.807) is 6.07 Å². The maximum Gasteiger partial charge on any atom is 0.274 e. The molecule has 0 bridgehead atoms. The Kier molecular flexibility index (Phi) is 3.82. The lowest BCUT2D eigenvalue weighted by Crippen LogP contribution is -2.52. The van der Waals surface area contributed by atoms with E-state index in [-0.39, 0.29) is 11.9 Å². The molecular formula is C14H21N5O. The van der Waals surface area contributed by atoms with Crippen molar-refractivity contribution in [2.24, 2.45) is 0 Å². The number of nitrogens with zero attached hydrogens (tertiary/aromatic N) is 4. The maximum absolute atomic E-state index is 12.4. The molecule has 1 amide bonds. The Labute approximate surface area is 119 Å². The summed E-state index contributed by atoms with van der Waals surface area (Å²) in [5.74, 6) is 0.867. The molecule has 1 unspecified atom stereocenters. The second-order valence-corrected chi connectivity index (χ2v) is 5.52. The van der Waals surface area contributed by atoms with E-state index in [1.165, 1.54) is 12.8 Å². The number of rotatable bonds is 2. The predicted molar refractivity (Wildman–Crippen MR) is 76.8 cm³/mol. The molecular weight excluding hydrogens is 254 g/mol. The van der Waals surface area contributed by atoms with Crippen LogP contribution in [0.15, 0.2) is 12.1 Å². The molecule has 108 valence electrons. The molecule has 1 N–H and O–H groups in total. The number of aromatic nitrogens is 2. The predicted octanol–water partition coefficient (Wildman–Crippen LogP) is 0.511. The van der Waals surface area contributed by atoms with Crippen molar-refractivity contribution in [3.8, 4) is 0 Å². The van der Waals surface area contributed by atoms with Crippen LogP contribution in [-0.2, 0) is 0 Å². The molecule has 0 aromatic carbocycles. The Morgan fingerprint density at radius 1 is 1.25 bits per heavy atom. The van der Waals surface area contributed by atoms with Gasteiger partial charge in [-0.15, -0.1) is 10.2 Å². The molecule has 2 aliphatic heterocycles. The van der Waals surface area contributed by atoms with Crippen molar-refractivity contribution in [2.45, 2.75) is 25.8 Å². The molecule has 6 nitrogen and oxygen atoms in total. The van der Waals surface area contributed by atoms with Gasteiger partial charge in [-0.1, -0.05) is 0 Å². The van der Waals surface area contributed by atoms with Crippen LogP contribution >= 0.6 is 0 Å². The standard InChI is InChI=1S/C14H21N5O/c1-11-10-15-6-9-19(11)14(20)12-4-5-13(17-16-12)18-7-2-3-8-18/h4-5,11,15H,2-3,6-10H2,1H3. The SMILES string of the molecule is CC1CNCCN1C(=O)c1ccc(N2CCCC2)nn1. The summed E-state index contributed by atoms with van der Waals surface area (Å²) in [6.45, 7) is 6.54. The molecule has 0 radical (unpaired) electrons. The van der Waals surface area contributed by atoms with Gasteiger partial charge in [-0.3, -0.25) is 4.79 Å². The van der Waals surface area contributed by atoms with Crippen LogP contribution in [0.4, 0.5) is 5.82 Å². The third-order valence-electron chi connectivity index (χ3n) is 4.06. The van der Waals surface area contributed by atoms with Crippen molar-refractivity contribution in [2.75, 3.05) is 37.6 Å². The second-order valence-electron chi connectivity index (χ2n) is 5.52. The summed E-state index contributed by atoms with van der Waals surface area (Å²) in [7, 11) is 0. The van der Waals surface area contributed by atoms with Gasteiger partial charge in [0.1, 0.15) is 0 Å². The quantitative estimate of drug-likeness (QED) is 0.852. The van der Waals surface area contributed by atoms with E-state index in [9.17, 15) is 4.79 Å². The highest BCUT2D eigenvalue weighted by Gasteiger charge is 2.25. The molecule has 0 spiro atoms. The van der Waals surface area contributed by atoms with Crippen molar-refractivity contribution in [1.29, 1.82) is 0 Å². The van der Waals surface area contributed by atoms with E-state index in [4.69, 9.17) is 0 Å². The monoisotopic (exact) mass is 275 g/mol. The molecule has 2 fully saturated rings. The molecule has 3 heterocycles. The van der Waals surface area contributed by atoms with Crippen LogP contribution in [0.3, 0.4) is 0 Å². The van der Waals surface area contributed by atoms with E-state index < -0.39 is 0 Å². The highest BCUT2D eigenvalue weighted by Crippen LogP contribution is 2.17. The number of hydrogen-bond acceptors (Lipinski definition) is 5. The van der Waals surface area contributed by atoms with E-state index in [2.05, 4.69) is 27.3 Å². The van der Waals surface area contributed by atoms with Crippen LogP contribution in [0.25, 0.3) is 0 Å². The molecule has 2 saturated heterocycles. The first-order valence-corrected chi connectivity index (χ1v) is 7.36. The molecule has 1 aromatic rings. The van der Waals surface area contributed by atoms with Gasteiger partial charge in [0.15, 0.2) is 11.5 Å². The fraction of sp³-hybridized carbons (Fsp3) is 0.643. The van der Waals surface area contributed by atoms with Crippen LogP contribution in [0.1, 0.15) is 30.3 Å². The smallest absolute Gasteiger partial charge is 0.274 e. The second kappa shape index (κ2) is 5.75. The van der Waals surface area contributed by atoms with Crippen molar-refractivity contribution in [3.63, 3.8) is 0 Å². The summed E-state index contributed by atoms with van der Waals surface area (Å²) in [5.41, 5.74) is 0.446.